The number of nitrogens with two attached hydrogens (primary N) is 1. The number of para-hydroxylation sites is 2. The number of nitrogens with zero attached hydrogens (tertiary/aromatic N) is 3. The van der Waals surface area contributed by atoms with Gasteiger partial charge in [0.15, 0.2) is 5.82 Å². The Morgan fingerprint density at radius 1 is 1.22 bits per heavy atom. The van der Waals surface area contributed by atoms with E-state index in [1.54, 1.807) is 26.2 Å². The van der Waals surface area contributed by atoms with Crippen LogP contribution in [0.25, 0.3) is 11.4 Å². The number of methoxy groups -OCH3 is 1. The van der Waals surface area contributed by atoms with Gasteiger partial charge in [-0.25, -0.2) is 4.68 Å². The number of aromatic nitrogens is 3. The fourth-order valence-corrected chi connectivity index (χ4v) is 3.61. The molecule has 1 amide bonds. The summed E-state index contributed by atoms with van der Waals surface area (Å²) in [6, 6.07) is 14.8. The number of anilines is 1. The largest absolute Gasteiger partial charge is 0.495 e. The number of ether oxygens (including phenoxy) is 1. The lowest BCUT2D eigenvalue weighted by atomic mass is 10.2. The normalized spacial score (nSPS) is 11.8. The number of nitrogen functional groups attached to an aromatic ring is 1. The maximum absolute atomic E-state index is 12.5. The van der Waals surface area contributed by atoms with Gasteiger partial charge in [0.25, 0.3) is 0 Å². The first-order valence-electron chi connectivity index (χ1n) is 8.07. The third-order valence-electron chi connectivity index (χ3n) is 3.80. The quantitative estimate of drug-likeness (QED) is 0.443. The first-order valence-corrected chi connectivity index (χ1v) is 9.74. The van der Waals surface area contributed by atoms with Gasteiger partial charge < -0.3 is 15.9 Å². The van der Waals surface area contributed by atoms with Crippen molar-refractivity contribution in [2.45, 2.75) is 17.3 Å². The standard InChI is InChI=1S/C18H18BrN5O2S/c1-11(17(25)21-14-9-5-6-10-15(14)26-2)27-18-23-22-16(24(18)20)12-7-3-4-8-13(12)19/h3-11H,20H2,1-2H3,(H,21,25). The van der Waals surface area contributed by atoms with Gasteiger partial charge >= 0.3 is 0 Å². The minimum Gasteiger partial charge on any atom is -0.495 e. The summed E-state index contributed by atoms with van der Waals surface area (Å²) in [4.78, 5) is 12.5. The first-order chi connectivity index (χ1) is 13.0. The summed E-state index contributed by atoms with van der Waals surface area (Å²) in [6.45, 7) is 1.78. The lowest BCUT2D eigenvalue weighted by molar-refractivity contribution is -0.115. The van der Waals surface area contributed by atoms with Crippen molar-refractivity contribution in [2.24, 2.45) is 0 Å². The smallest absolute Gasteiger partial charge is 0.237 e. The number of carbonyl (C=O) groups is 1. The van der Waals surface area contributed by atoms with E-state index in [9.17, 15) is 4.79 Å². The molecule has 1 aromatic heterocycles. The molecule has 140 valence electrons. The van der Waals surface area contributed by atoms with Crippen molar-refractivity contribution in [3.05, 3.63) is 53.0 Å². The zero-order valence-electron chi connectivity index (χ0n) is 14.7. The molecule has 0 saturated heterocycles. The van der Waals surface area contributed by atoms with Crippen molar-refractivity contribution in [3.63, 3.8) is 0 Å². The van der Waals surface area contributed by atoms with Gasteiger partial charge in [-0.15, -0.1) is 10.2 Å². The molecule has 1 unspecified atom stereocenters. The highest BCUT2D eigenvalue weighted by atomic mass is 79.9. The van der Waals surface area contributed by atoms with Gasteiger partial charge in [-0.1, -0.05) is 52.0 Å². The highest BCUT2D eigenvalue weighted by molar-refractivity contribution is 9.10. The van der Waals surface area contributed by atoms with Gasteiger partial charge in [0.1, 0.15) is 5.75 Å². The number of carbonyl (C=O) groups excluding carboxylic acids is 1. The van der Waals surface area contributed by atoms with Gasteiger partial charge in [0.2, 0.25) is 11.1 Å². The monoisotopic (exact) mass is 447 g/mol. The van der Waals surface area contributed by atoms with Crippen LogP contribution in [0.2, 0.25) is 0 Å². The second-order valence-corrected chi connectivity index (χ2v) is 7.77. The van der Waals surface area contributed by atoms with Crippen LogP contribution in [0.4, 0.5) is 5.69 Å². The molecule has 1 atom stereocenters. The number of benzene rings is 2. The average molecular weight is 448 g/mol. The van der Waals surface area contributed by atoms with Crippen LogP contribution in [0.15, 0.2) is 58.2 Å². The van der Waals surface area contributed by atoms with Crippen molar-refractivity contribution in [1.82, 2.24) is 14.9 Å². The summed E-state index contributed by atoms with van der Waals surface area (Å²) >= 11 is 4.71. The van der Waals surface area contributed by atoms with Gasteiger partial charge in [0, 0.05) is 10.0 Å². The molecule has 3 rings (SSSR count). The Balaban J connectivity index is 1.74. The molecule has 0 bridgehead atoms. The molecule has 3 aromatic rings. The van der Waals surface area contributed by atoms with Crippen LogP contribution in [0.3, 0.4) is 0 Å². The summed E-state index contributed by atoms with van der Waals surface area (Å²) < 4.78 is 7.50. The van der Waals surface area contributed by atoms with Crippen LogP contribution < -0.4 is 15.9 Å². The van der Waals surface area contributed by atoms with E-state index in [1.165, 1.54) is 16.4 Å². The maximum atomic E-state index is 12.5. The number of hydrogen-bond donors (Lipinski definition) is 2. The van der Waals surface area contributed by atoms with Gasteiger partial charge in [-0.2, -0.15) is 0 Å². The van der Waals surface area contributed by atoms with Crippen LogP contribution in [0.1, 0.15) is 6.92 Å². The van der Waals surface area contributed by atoms with Crippen LogP contribution in [0.5, 0.6) is 5.75 Å². The second kappa shape index (κ2) is 8.45. The Morgan fingerprint density at radius 2 is 1.93 bits per heavy atom. The predicted molar refractivity (Wildman–Crippen MR) is 110 cm³/mol. The molecule has 0 spiro atoms. The van der Waals surface area contributed by atoms with Crippen LogP contribution in [0, 0.1) is 0 Å². The van der Waals surface area contributed by atoms with Gasteiger partial charge in [0.05, 0.1) is 18.0 Å². The highest BCUT2D eigenvalue weighted by Gasteiger charge is 2.21. The zero-order chi connectivity index (χ0) is 19.4. The second-order valence-electron chi connectivity index (χ2n) is 5.61. The molecule has 9 heteroatoms. The number of rotatable bonds is 6. The van der Waals surface area contributed by atoms with Gasteiger partial charge in [-0.05, 0) is 31.2 Å². The third-order valence-corrected chi connectivity index (χ3v) is 5.54. The maximum Gasteiger partial charge on any atom is 0.237 e. The molecule has 7 nitrogen and oxygen atoms in total. The van der Waals surface area contributed by atoms with Crippen molar-refractivity contribution in [1.29, 1.82) is 0 Å². The first kappa shape index (κ1) is 19.2. The lowest BCUT2D eigenvalue weighted by Crippen LogP contribution is -2.24. The zero-order valence-corrected chi connectivity index (χ0v) is 17.1. The van der Waals surface area contributed by atoms with E-state index in [1.807, 2.05) is 36.4 Å². The Morgan fingerprint density at radius 3 is 2.67 bits per heavy atom. The van der Waals surface area contributed by atoms with Crippen molar-refractivity contribution >= 4 is 39.3 Å². The highest BCUT2D eigenvalue weighted by Crippen LogP contribution is 2.30. The van der Waals surface area contributed by atoms with Crippen molar-refractivity contribution in [2.75, 3.05) is 18.3 Å². The minimum absolute atomic E-state index is 0.185. The fourth-order valence-electron chi connectivity index (χ4n) is 2.38. The molecule has 3 N–H and O–H groups in total. The Labute approximate surface area is 169 Å². The molecule has 1 heterocycles. The molecule has 0 aliphatic rings. The SMILES string of the molecule is COc1ccccc1NC(=O)C(C)Sc1nnc(-c2ccccc2Br)n1N. The lowest BCUT2D eigenvalue weighted by Gasteiger charge is -2.13. The van der Waals surface area contributed by atoms with E-state index < -0.39 is 5.25 Å². The number of thioether (sulfide) groups is 1. The molecule has 0 saturated carbocycles. The molecule has 0 aliphatic carbocycles. The van der Waals surface area contributed by atoms with E-state index in [4.69, 9.17) is 10.6 Å². The number of halogens is 1. The summed E-state index contributed by atoms with van der Waals surface area (Å²) in [5, 5.41) is 11.1. The summed E-state index contributed by atoms with van der Waals surface area (Å²) in [5.41, 5.74) is 1.44. The van der Waals surface area contributed by atoms with E-state index >= 15 is 0 Å². The van der Waals surface area contributed by atoms with Crippen molar-refractivity contribution < 1.29 is 9.53 Å². The average Bonchev–Trinajstić information content (AvgIpc) is 3.03. The molecule has 2 aromatic carbocycles. The molecular formula is C18H18BrN5O2S. The molecule has 0 aliphatic heterocycles. The molecule has 0 radical (unpaired) electrons. The summed E-state index contributed by atoms with van der Waals surface area (Å²) in [7, 11) is 1.56. The van der Waals surface area contributed by atoms with E-state index in [0.29, 0.717) is 22.4 Å². The van der Waals surface area contributed by atoms with E-state index in [0.717, 1.165) is 10.0 Å². The molecule has 0 fully saturated rings. The topological polar surface area (TPSA) is 95.1 Å². The Kier molecular flexibility index (Phi) is 6.02. The summed E-state index contributed by atoms with van der Waals surface area (Å²) in [5.74, 6) is 7.08. The Hall–Kier alpha value is -2.52. The number of amides is 1. The Bertz CT molecular complexity index is 962. The van der Waals surface area contributed by atoms with Crippen LogP contribution >= 0.6 is 27.7 Å². The summed E-state index contributed by atoms with van der Waals surface area (Å²) in [6.07, 6.45) is 0. The number of nitrogens with one attached hydrogen (secondary N) is 1. The van der Waals surface area contributed by atoms with Crippen molar-refractivity contribution in [3.8, 4) is 17.1 Å². The predicted octanol–water partition coefficient (Wildman–Crippen LogP) is 3.55. The van der Waals surface area contributed by atoms with Crippen LogP contribution in [-0.2, 0) is 4.79 Å². The van der Waals surface area contributed by atoms with Gasteiger partial charge in [-0.3, -0.25) is 4.79 Å². The number of hydrogen-bond acceptors (Lipinski definition) is 6. The van der Waals surface area contributed by atoms with Crippen LogP contribution in [-0.4, -0.2) is 33.1 Å². The van der Waals surface area contributed by atoms with E-state index in [2.05, 4.69) is 31.4 Å². The minimum atomic E-state index is -0.437. The molecular weight excluding hydrogens is 430 g/mol. The fraction of sp³-hybridized carbons (Fsp3) is 0.167. The molecule has 27 heavy (non-hydrogen) atoms. The van der Waals surface area contributed by atoms with E-state index in [-0.39, 0.29) is 5.91 Å². The third kappa shape index (κ3) is 4.25.